The number of hydrogen-bond acceptors (Lipinski definition) is 6. The lowest BCUT2D eigenvalue weighted by Crippen LogP contribution is -2.48. The fraction of sp³-hybridized carbons (Fsp3) is 0.462. The van der Waals surface area contributed by atoms with Crippen LogP contribution in [0.2, 0.25) is 0 Å². The van der Waals surface area contributed by atoms with Crippen molar-refractivity contribution in [1.82, 2.24) is 4.90 Å². The highest BCUT2D eigenvalue weighted by molar-refractivity contribution is 5.81. The number of methoxy groups -OCH3 is 2. The maximum Gasteiger partial charge on any atom is 0.410 e. The Morgan fingerprint density at radius 3 is 2.52 bits per heavy atom. The molecule has 0 radical (unpaired) electrons. The van der Waals surface area contributed by atoms with Crippen LogP contribution in [0.3, 0.4) is 0 Å². The Balaban J connectivity index is 1.49. The number of piperidine rings is 1. The van der Waals surface area contributed by atoms with E-state index in [1.165, 1.54) is 4.90 Å². The molecule has 1 fully saturated rings. The average molecular weight is 456 g/mol. The summed E-state index contributed by atoms with van der Waals surface area (Å²) in [5.74, 6) is 1.05. The van der Waals surface area contributed by atoms with Gasteiger partial charge in [-0.05, 0) is 61.8 Å². The molecule has 1 aliphatic rings. The monoisotopic (exact) mass is 455 g/mol. The van der Waals surface area contributed by atoms with E-state index in [1.807, 2.05) is 43.3 Å². The molecule has 2 aromatic carbocycles. The number of hydrogen-bond donors (Lipinski definition) is 0. The summed E-state index contributed by atoms with van der Waals surface area (Å²) in [6.07, 6.45) is 3.26. The van der Waals surface area contributed by atoms with Crippen LogP contribution in [0.15, 0.2) is 42.5 Å². The van der Waals surface area contributed by atoms with Gasteiger partial charge in [-0.25, -0.2) is 9.59 Å². The molecule has 7 heteroatoms. The van der Waals surface area contributed by atoms with E-state index < -0.39 is 12.1 Å². The number of likely N-dealkylation sites (tertiary alicyclic amines) is 1. The summed E-state index contributed by atoms with van der Waals surface area (Å²) in [6, 6.07) is 12.9. The van der Waals surface area contributed by atoms with Gasteiger partial charge in [0, 0.05) is 6.54 Å². The van der Waals surface area contributed by atoms with Crippen molar-refractivity contribution in [3.63, 3.8) is 0 Å². The minimum absolute atomic E-state index is 0.183. The maximum absolute atomic E-state index is 12.7. The molecule has 1 saturated heterocycles. The van der Waals surface area contributed by atoms with Gasteiger partial charge in [0.2, 0.25) is 0 Å². The SMILES string of the molecule is COc1cc(CCCOC(=O)C2CCCCN2C(=O)OCc2ccccc2)cc(C)c1OC. The minimum Gasteiger partial charge on any atom is -0.493 e. The highest BCUT2D eigenvalue weighted by Crippen LogP contribution is 2.32. The first-order valence-corrected chi connectivity index (χ1v) is 11.4. The van der Waals surface area contributed by atoms with Crippen LogP contribution in [0, 0.1) is 6.92 Å². The third-order valence-electron chi connectivity index (χ3n) is 5.79. The Hall–Kier alpha value is -3.22. The Labute approximate surface area is 195 Å². The lowest BCUT2D eigenvalue weighted by Gasteiger charge is -2.33. The number of rotatable bonds is 9. The zero-order valence-electron chi connectivity index (χ0n) is 19.7. The summed E-state index contributed by atoms with van der Waals surface area (Å²) in [5, 5.41) is 0. The van der Waals surface area contributed by atoms with Crippen molar-refractivity contribution >= 4 is 12.1 Å². The molecule has 0 N–H and O–H groups in total. The summed E-state index contributed by atoms with van der Waals surface area (Å²) in [6.45, 7) is 2.94. The molecule has 1 unspecified atom stereocenters. The van der Waals surface area contributed by atoms with Crippen LogP contribution < -0.4 is 9.47 Å². The first kappa shape index (κ1) is 24.4. The fourth-order valence-electron chi connectivity index (χ4n) is 4.11. The second kappa shape index (κ2) is 12.1. The molecular weight excluding hydrogens is 422 g/mol. The largest absolute Gasteiger partial charge is 0.493 e. The van der Waals surface area contributed by atoms with Crippen molar-refractivity contribution in [3.8, 4) is 11.5 Å². The Morgan fingerprint density at radius 2 is 1.79 bits per heavy atom. The van der Waals surface area contributed by atoms with E-state index >= 15 is 0 Å². The summed E-state index contributed by atoms with van der Waals surface area (Å²) >= 11 is 0. The molecule has 0 aromatic heterocycles. The molecule has 0 bridgehead atoms. The molecule has 1 heterocycles. The van der Waals surface area contributed by atoms with Gasteiger partial charge in [0.25, 0.3) is 0 Å². The van der Waals surface area contributed by atoms with E-state index in [4.69, 9.17) is 18.9 Å². The summed E-state index contributed by atoms with van der Waals surface area (Å²) in [5.41, 5.74) is 2.99. The maximum atomic E-state index is 12.7. The van der Waals surface area contributed by atoms with Crippen LogP contribution in [-0.2, 0) is 27.3 Å². The molecule has 7 nitrogen and oxygen atoms in total. The van der Waals surface area contributed by atoms with Crippen molar-refractivity contribution in [1.29, 1.82) is 0 Å². The van der Waals surface area contributed by atoms with Crippen molar-refractivity contribution < 1.29 is 28.5 Å². The molecule has 0 aliphatic carbocycles. The van der Waals surface area contributed by atoms with Crippen LogP contribution in [-0.4, -0.2) is 50.4 Å². The predicted molar refractivity (Wildman–Crippen MR) is 125 cm³/mol. The molecule has 1 aliphatic heterocycles. The molecule has 1 amide bonds. The number of carbonyl (C=O) groups is 2. The third kappa shape index (κ3) is 6.63. The number of amides is 1. The minimum atomic E-state index is -0.592. The first-order valence-electron chi connectivity index (χ1n) is 11.4. The number of ether oxygens (including phenoxy) is 4. The van der Waals surface area contributed by atoms with Crippen molar-refractivity contribution in [2.75, 3.05) is 27.4 Å². The van der Waals surface area contributed by atoms with Gasteiger partial charge in [-0.1, -0.05) is 36.4 Å². The number of esters is 1. The second-order valence-corrected chi connectivity index (χ2v) is 8.16. The topological polar surface area (TPSA) is 74.3 Å². The average Bonchev–Trinajstić information content (AvgIpc) is 2.85. The molecule has 1 atom stereocenters. The zero-order chi connectivity index (χ0) is 23.6. The van der Waals surface area contributed by atoms with Crippen molar-refractivity contribution in [2.45, 2.75) is 51.7 Å². The first-order chi connectivity index (χ1) is 16.0. The van der Waals surface area contributed by atoms with E-state index in [0.717, 1.165) is 41.7 Å². The standard InChI is InChI=1S/C26H33NO6/c1-19-16-21(17-23(30-2)24(19)31-3)12-9-15-32-25(28)22-13-7-8-14-27(22)26(29)33-18-20-10-5-4-6-11-20/h4-6,10-11,16-17,22H,7-9,12-15,18H2,1-3H3. The van der Waals surface area contributed by atoms with Crippen LogP contribution >= 0.6 is 0 Å². The van der Waals surface area contributed by atoms with E-state index in [1.54, 1.807) is 14.2 Å². The van der Waals surface area contributed by atoms with Crippen LogP contribution in [0.1, 0.15) is 42.4 Å². The highest BCUT2D eigenvalue weighted by atomic mass is 16.6. The Kier molecular flexibility index (Phi) is 8.98. The molecule has 0 spiro atoms. The Morgan fingerprint density at radius 1 is 1.00 bits per heavy atom. The molecule has 0 saturated carbocycles. The molecule has 3 rings (SSSR count). The number of carbonyl (C=O) groups excluding carboxylic acids is 2. The van der Waals surface area contributed by atoms with Gasteiger partial charge >= 0.3 is 12.1 Å². The van der Waals surface area contributed by atoms with E-state index in [-0.39, 0.29) is 19.2 Å². The van der Waals surface area contributed by atoms with Crippen molar-refractivity contribution in [3.05, 3.63) is 59.2 Å². The quantitative estimate of drug-likeness (QED) is 0.404. The lowest BCUT2D eigenvalue weighted by molar-refractivity contribution is -0.150. The van der Waals surface area contributed by atoms with Gasteiger partial charge in [-0.3, -0.25) is 4.90 Å². The van der Waals surface area contributed by atoms with Gasteiger partial charge in [0.15, 0.2) is 11.5 Å². The third-order valence-corrected chi connectivity index (χ3v) is 5.79. The van der Waals surface area contributed by atoms with Gasteiger partial charge < -0.3 is 18.9 Å². The molecule has 33 heavy (non-hydrogen) atoms. The molecule has 178 valence electrons. The van der Waals surface area contributed by atoms with E-state index in [2.05, 4.69) is 6.07 Å². The summed E-state index contributed by atoms with van der Waals surface area (Å²) < 4.78 is 21.8. The van der Waals surface area contributed by atoms with Gasteiger partial charge in [0.1, 0.15) is 12.6 Å². The van der Waals surface area contributed by atoms with Gasteiger partial charge in [-0.2, -0.15) is 0 Å². The zero-order valence-corrected chi connectivity index (χ0v) is 19.7. The molecule has 2 aromatic rings. The van der Waals surface area contributed by atoms with E-state index in [0.29, 0.717) is 25.1 Å². The number of benzene rings is 2. The number of aryl methyl sites for hydroxylation is 2. The highest BCUT2D eigenvalue weighted by Gasteiger charge is 2.34. The molecular formula is C26H33NO6. The van der Waals surface area contributed by atoms with Crippen LogP contribution in [0.4, 0.5) is 4.79 Å². The van der Waals surface area contributed by atoms with E-state index in [9.17, 15) is 9.59 Å². The normalized spacial score (nSPS) is 15.6. The fourth-order valence-corrected chi connectivity index (χ4v) is 4.11. The predicted octanol–water partition coefficient (Wildman–Crippen LogP) is 4.68. The summed E-state index contributed by atoms with van der Waals surface area (Å²) in [4.78, 5) is 26.9. The smallest absolute Gasteiger partial charge is 0.410 e. The summed E-state index contributed by atoms with van der Waals surface area (Å²) in [7, 11) is 3.24. The lowest BCUT2D eigenvalue weighted by atomic mass is 10.0. The van der Waals surface area contributed by atoms with Crippen LogP contribution in [0.25, 0.3) is 0 Å². The Bertz CT molecular complexity index is 930. The van der Waals surface area contributed by atoms with Crippen molar-refractivity contribution in [2.24, 2.45) is 0 Å². The second-order valence-electron chi connectivity index (χ2n) is 8.16. The number of nitrogens with zero attached hydrogens (tertiary/aromatic N) is 1. The van der Waals surface area contributed by atoms with Crippen LogP contribution in [0.5, 0.6) is 11.5 Å². The van der Waals surface area contributed by atoms with Gasteiger partial charge in [-0.15, -0.1) is 0 Å². The van der Waals surface area contributed by atoms with Gasteiger partial charge in [0.05, 0.1) is 20.8 Å².